The zero-order valence-corrected chi connectivity index (χ0v) is 16.8. The molecule has 0 radical (unpaired) electrons. The molecule has 4 rings (SSSR count). The van der Waals surface area contributed by atoms with E-state index in [9.17, 15) is 9.59 Å². The first kappa shape index (κ1) is 19.3. The van der Waals surface area contributed by atoms with Crippen molar-refractivity contribution in [3.63, 3.8) is 0 Å². The summed E-state index contributed by atoms with van der Waals surface area (Å²) in [7, 11) is 1.58. The van der Waals surface area contributed by atoms with Crippen molar-refractivity contribution >= 4 is 17.6 Å². The van der Waals surface area contributed by atoms with Crippen LogP contribution in [0.3, 0.4) is 0 Å². The second kappa shape index (κ2) is 7.75. The van der Waals surface area contributed by atoms with Gasteiger partial charge in [-0.15, -0.1) is 0 Å². The molecule has 2 fully saturated rings. The molecule has 2 heterocycles. The van der Waals surface area contributed by atoms with Gasteiger partial charge in [0.1, 0.15) is 11.3 Å². The number of benzene rings is 2. The molecule has 1 atom stereocenters. The number of carbonyl (C=O) groups excluding carboxylic acids is 2. The van der Waals surface area contributed by atoms with Gasteiger partial charge in [-0.1, -0.05) is 30.3 Å². The van der Waals surface area contributed by atoms with Crippen molar-refractivity contribution in [3.05, 3.63) is 60.2 Å². The topological polar surface area (TPSA) is 65.1 Å². The van der Waals surface area contributed by atoms with E-state index in [-0.39, 0.29) is 11.9 Å². The molecule has 2 aromatic rings. The summed E-state index contributed by atoms with van der Waals surface area (Å²) in [4.78, 5) is 31.6. The first-order chi connectivity index (χ1) is 14.0. The standard InChI is InChI=1S/C22H26N4O3/c1-22(17-7-6-10-19(15-17)29-2)20(27)26(21(28)23-22)16-24-11-13-25(14-12-24)18-8-4-3-5-9-18/h3-10,15H,11-14,16H2,1-2H3,(H,23,28)/t22-/m1/s1. The van der Waals surface area contributed by atoms with Crippen LogP contribution in [0.1, 0.15) is 12.5 Å². The summed E-state index contributed by atoms with van der Waals surface area (Å²) in [5.74, 6) is 0.419. The van der Waals surface area contributed by atoms with Crippen LogP contribution in [0.15, 0.2) is 54.6 Å². The zero-order valence-electron chi connectivity index (χ0n) is 16.8. The normalized spacial score (nSPS) is 22.7. The van der Waals surface area contributed by atoms with Crippen LogP contribution in [0.2, 0.25) is 0 Å². The van der Waals surface area contributed by atoms with Crippen LogP contribution >= 0.6 is 0 Å². The molecule has 0 aliphatic carbocycles. The number of imide groups is 1. The number of hydrogen-bond acceptors (Lipinski definition) is 5. The largest absolute Gasteiger partial charge is 0.497 e. The van der Waals surface area contributed by atoms with E-state index >= 15 is 0 Å². The molecule has 2 aliphatic heterocycles. The van der Waals surface area contributed by atoms with Gasteiger partial charge in [0, 0.05) is 31.9 Å². The van der Waals surface area contributed by atoms with Gasteiger partial charge in [0.25, 0.3) is 5.91 Å². The van der Waals surface area contributed by atoms with E-state index in [1.54, 1.807) is 20.1 Å². The van der Waals surface area contributed by atoms with Gasteiger partial charge < -0.3 is 15.0 Å². The molecule has 0 bridgehead atoms. The van der Waals surface area contributed by atoms with Crippen molar-refractivity contribution in [2.75, 3.05) is 44.9 Å². The summed E-state index contributed by atoms with van der Waals surface area (Å²) in [5.41, 5.74) is 0.830. The number of rotatable bonds is 5. The third-order valence-corrected chi connectivity index (χ3v) is 5.76. The molecular weight excluding hydrogens is 368 g/mol. The van der Waals surface area contributed by atoms with Gasteiger partial charge in [0.15, 0.2) is 0 Å². The highest BCUT2D eigenvalue weighted by Crippen LogP contribution is 2.31. The van der Waals surface area contributed by atoms with Gasteiger partial charge in [-0.25, -0.2) is 9.69 Å². The highest BCUT2D eigenvalue weighted by molar-refractivity contribution is 6.07. The second-order valence-electron chi connectivity index (χ2n) is 7.60. The molecule has 29 heavy (non-hydrogen) atoms. The quantitative estimate of drug-likeness (QED) is 0.788. The van der Waals surface area contributed by atoms with Gasteiger partial charge in [-0.3, -0.25) is 9.69 Å². The first-order valence-electron chi connectivity index (χ1n) is 9.82. The third-order valence-electron chi connectivity index (χ3n) is 5.76. The minimum absolute atomic E-state index is 0.235. The summed E-state index contributed by atoms with van der Waals surface area (Å²) in [5, 5.41) is 2.87. The minimum Gasteiger partial charge on any atom is -0.497 e. The summed E-state index contributed by atoms with van der Waals surface area (Å²) in [6.07, 6.45) is 0. The van der Waals surface area contributed by atoms with Crippen LogP contribution in [0.25, 0.3) is 0 Å². The number of nitrogens with zero attached hydrogens (tertiary/aromatic N) is 3. The first-order valence-corrected chi connectivity index (χ1v) is 9.82. The van der Waals surface area contributed by atoms with Crippen molar-refractivity contribution in [2.45, 2.75) is 12.5 Å². The van der Waals surface area contributed by atoms with Crippen LogP contribution in [0, 0.1) is 0 Å². The maximum Gasteiger partial charge on any atom is 0.326 e. The predicted octanol–water partition coefficient (Wildman–Crippen LogP) is 2.24. The van der Waals surface area contributed by atoms with E-state index in [0.717, 1.165) is 26.2 Å². The number of para-hydroxylation sites is 1. The van der Waals surface area contributed by atoms with Crippen LogP contribution < -0.4 is 15.0 Å². The lowest BCUT2D eigenvalue weighted by Crippen LogP contribution is -2.51. The molecule has 7 nitrogen and oxygen atoms in total. The summed E-state index contributed by atoms with van der Waals surface area (Å²) in [6, 6.07) is 17.2. The summed E-state index contributed by atoms with van der Waals surface area (Å²) in [6.45, 7) is 5.35. The highest BCUT2D eigenvalue weighted by Gasteiger charge is 2.49. The lowest BCUT2D eigenvalue weighted by Gasteiger charge is -2.37. The molecular formula is C22H26N4O3. The van der Waals surface area contributed by atoms with Gasteiger partial charge in [0.2, 0.25) is 0 Å². The molecule has 0 aromatic heterocycles. The average Bonchev–Trinajstić information content (AvgIpc) is 2.99. The number of ether oxygens (including phenoxy) is 1. The van der Waals surface area contributed by atoms with Crippen molar-refractivity contribution in [1.82, 2.24) is 15.1 Å². The average molecular weight is 394 g/mol. The Morgan fingerprint density at radius 1 is 1.00 bits per heavy atom. The smallest absolute Gasteiger partial charge is 0.326 e. The Kier molecular flexibility index (Phi) is 5.15. The lowest BCUT2D eigenvalue weighted by molar-refractivity contribution is -0.132. The molecule has 2 aliphatic rings. The number of hydrogen-bond donors (Lipinski definition) is 1. The molecule has 3 amide bonds. The number of urea groups is 1. The van der Waals surface area contributed by atoms with Crippen LogP contribution in [0.5, 0.6) is 5.75 Å². The maximum atomic E-state index is 13.2. The van der Waals surface area contributed by atoms with Crippen LogP contribution in [0.4, 0.5) is 10.5 Å². The Hall–Kier alpha value is -3.06. The van der Waals surface area contributed by atoms with Gasteiger partial charge >= 0.3 is 6.03 Å². The SMILES string of the molecule is COc1cccc([C@@]2(C)NC(=O)N(CN3CCN(c4ccccc4)CC3)C2=O)c1. The van der Waals surface area contributed by atoms with Gasteiger partial charge in [-0.2, -0.15) is 0 Å². The summed E-state index contributed by atoms with van der Waals surface area (Å²) >= 11 is 0. The fourth-order valence-corrected chi connectivity index (χ4v) is 3.94. The molecule has 1 N–H and O–H groups in total. The van der Waals surface area contributed by atoms with Crippen LogP contribution in [-0.4, -0.2) is 61.7 Å². The van der Waals surface area contributed by atoms with E-state index in [4.69, 9.17) is 4.74 Å². The molecule has 0 spiro atoms. The number of nitrogens with one attached hydrogen (secondary N) is 1. The molecule has 0 saturated carbocycles. The molecule has 7 heteroatoms. The predicted molar refractivity (Wildman–Crippen MR) is 111 cm³/mol. The number of methoxy groups -OCH3 is 1. The van der Waals surface area contributed by atoms with Crippen LogP contribution in [-0.2, 0) is 10.3 Å². The fourth-order valence-electron chi connectivity index (χ4n) is 3.94. The highest BCUT2D eigenvalue weighted by atomic mass is 16.5. The van der Waals surface area contributed by atoms with E-state index in [1.807, 2.05) is 36.4 Å². The maximum absolute atomic E-state index is 13.2. The number of carbonyl (C=O) groups is 2. The fraction of sp³-hybridized carbons (Fsp3) is 0.364. The van der Waals surface area contributed by atoms with Crippen molar-refractivity contribution in [2.24, 2.45) is 0 Å². The molecule has 2 aromatic carbocycles. The monoisotopic (exact) mass is 394 g/mol. The Bertz CT molecular complexity index is 896. The zero-order chi connectivity index (χ0) is 20.4. The Morgan fingerprint density at radius 2 is 1.72 bits per heavy atom. The number of amides is 3. The molecule has 152 valence electrons. The number of piperazine rings is 1. The van der Waals surface area contributed by atoms with E-state index in [1.165, 1.54) is 10.6 Å². The van der Waals surface area contributed by atoms with Crippen molar-refractivity contribution in [3.8, 4) is 5.75 Å². The molecule has 0 unspecified atom stereocenters. The number of anilines is 1. The Labute approximate surface area is 170 Å². The molecule has 2 saturated heterocycles. The Balaban J connectivity index is 1.42. The third kappa shape index (κ3) is 3.65. The van der Waals surface area contributed by atoms with E-state index in [0.29, 0.717) is 18.0 Å². The van der Waals surface area contributed by atoms with Gasteiger partial charge in [-0.05, 0) is 36.8 Å². The summed E-state index contributed by atoms with van der Waals surface area (Å²) < 4.78 is 5.27. The van der Waals surface area contributed by atoms with E-state index in [2.05, 4.69) is 27.2 Å². The lowest BCUT2D eigenvalue weighted by atomic mass is 9.92. The second-order valence-corrected chi connectivity index (χ2v) is 7.60. The van der Waals surface area contributed by atoms with Gasteiger partial charge in [0.05, 0.1) is 13.8 Å². The van der Waals surface area contributed by atoms with Crippen molar-refractivity contribution < 1.29 is 14.3 Å². The minimum atomic E-state index is -1.09. The van der Waals surface area contributed by atoms with Crippen molar-refractivity contribution in [1.29, 1.82) is 0 Å². The van der Waals surface area contributed by atoms with E-state index < -0.39 is 5.54 Å². The Morgan fingerprint density at radius 3 is 2.41 bits per heavy atom.